The summed E-state index contributed by atoms with van der Waals surface area (Å²) < 4.78 is 6.97. The summed E-state index contributed by atoms with van der Waals surface area (Å²) in [5.74, 6) is -0.529. The van der Waals surface area contributed by atoms with Gasteiger partial charge in [-0.15, -0.1) is 0 Å². The Labute approximate surface area is 187 Å². The van der Waals surface area contributed by atoms with Gasteiger partial charge in [0, 0.05) is 23.9 Å². The van der Waals surface area contributed by atoms with Crippen LogP contribution in [0.2, 0.25) is 0 Å². The number of hydrogen-bond acceptors (Lipinski definition) is 5. The quantitative estimate of drug-likeness (QED) is 0.534. The van der Waals surface area contributed by atoms with E-state index in [2.05, 4.69) is 10.6 Å². The van der Waals surface area contributed by atoms with E-state index in [0.717, 1.165) is 42.3 Å². The monoisotopic (exact) mass is 432 g/mol. The predicted molar refractivity (Wildman–Crippen MR) is 124 cm³/mol. The van der Waals surface area contributed by atoms with Gasteiger partial charge in [0.25, 0.3) is 0 Å². The predicted octanol–water partition coefficient (Wildman–Crippen LogP) is 4.57. The number of carbonyl (C=O) groups is 2. The Bertz CT molecular complexity index is 1140. The average Bonchev–Trinajstić information content (AvgIpc) is 3.48. The number of rotatable bonds is 7. The first-order chi connectivity index (χ1) is 15.6. The van der Waals surface area contributed by atoms with Gasteiger partial charge >= 0.3 is 5.97 Å². The van der Waals surface area contributed by atoms with Crippen LogP contribution in [0.15, 0.2) is 42.6 Å². The molecule has 0 saturated heterocycles. The number of carbonyl (C=O) groups excluding carboxylic acids is 2. The smallest absolute Gasteiger partial charge is 0.356 e. The summed E-state index contributed by atoms with van der Waals surface area (Å²) in [6, 6.07) is 12.3. The highest BCUT2D eigenvalue weighted by atomic mass is 16.5. The van der Waals surface area contributed by atoms with Gasteiger partial charge in [-0.2, -0.15) is 0 Å². The van der Waals surface area contributed by atoms with Crippen molar-refractivity contribution in [2.24, 2.45) is 5.92 Å². The lowest BCUT2D eigenvalue weighted by Crippen LogP contribution is -2.18. The van der Waals surface area contributed by atoms with Crippen LogP contribution in [0.3, 0.4) is 0 Å². The zero-order valence-electron chi connectivity index (χ0n) is 18.3. The van der Waals surface area contributed by atoms with Crippen LogP contribution < -0.4 is 10.6 Å². The van der Waals surface area contributed by atoms with Crippen LogP contribution in [0.5, 0.6) is 0 Å². The Morgan fingerprint density at radius 1 is 1.12 bits per heavy atom. The minimum Gasteiger partial charge on any atom is -0.464 e. The molecular weight excluding hydrogens is 404 g/mol. The van der Waals surface area contributed by atoms with Gasteiger partial charge in [-0.1, -0.05) is 43.2 Å². The zero-order valence-corrected chi connectivity index (χ0v) is 18.3. The van der Waals surface area contributed by atoms with E-state index in [4.69, 9.17) is 9.72 Å². The van der Waals surface area contributed by atoms with Crippen molar-refractivity contribution in [1.29, 1.82) is 0 Å². The van der Waals surface area contributed by atoms with Gasteiger partial charge in [0.05, 0.1) is 24.7 Å². The van der Waals surface area contributed by atoms with Crippen molar-refractivity contribution in [3.05, 3.63) is 53.9 Å². The van der Waals surface area contributed by atoms with Gasteiger partial charge in [0.15, 0.2) is 5.69 Å². The van der Waals surface area contributed by atoms with Crippen molar-refractivity contribution in [3.63, 3.8) is 0 Å². The molecule has 2 aliphatic carbocycles. The van der Waals surface area contributed by atoms with Crippen LogP contribution in [-0.4, -0.2) is 34.6 Å². The largest absolute Gasteiger partial charge is 0.464 e. The molecule has 3 aromatic rings. The van der Waals surface area contributed by atoms with Gasteiger partial charge in [0.2, 0.25) is 5.91 Å². The van der Waals surface area contributed by atoms with E-state index in [0.29, 0.717) is 29.6 Å². The fraction of sp³-hybridized carbons (Fsp3) is 0.400. The minimum atomic E-state index is -0.490. The van der Waals surface area contributed by atoms with Gasteiger partial charge in [-0.25, -0.2) is 9.78 Å². The number of hydrogen-bond donors (Lipinski definition) is 2. The van der Waals surface area contributed by atoms with Crippen molar-refractivity contribution in [3.8, 4) is 0 Å². The summed E-state index contributed by atoms with van der Waals surface area (Å²) in [4.78, 5) is 30.3. The molecule has 0 bridgehead atoms. The highest BCUT2D eigenvalue weighted by Crippen LogP contribution is 2.36. The van der Waals surface area contributed by atoms with E-state index < -0.39 is 5.97 Å². The van der Waals surface area contributed by atoms with Crippen LogP contribution in [0.1, 0.15) is 54.6 Å². The number of amides is 1. The van der Waals surface area contributed by atoms with E-state index in [-0.39, 0.29) is 11.8 Å². The first kappa shape index (κ1) is 20.5. The summed E-state index contributed by atoms with van der Waals surface area (Å²) in [5, 5.41) is 7.35. The highest BCUT2D eigenvalue weighted by Gasteiger charge is 2.33. The number of anilines is 2. The van der Waals surface area contributed by atoms with Crippen molar-refractivity contribution >= 4 is 34.3 Å². The van der Waals surface area contributed by atoms with E-state index in [1.807, 2.05) is 47.2 Å². The summed E-state index contributed by atoms with van der Waals surface area (Å²) in [5.41, 5.74) is 3.40. The lowest BCUT2D eigenvalue weighted by Gasteiger charge is -2.13. The first-order valence-electron chi connectivity index (χ1n) is 11.4. The molecule has 2 aliphatic rings. The number of fused-ring (bicyclic) bond motifs is 1. The summed E-state index contributed by atoms with van der Waals surface area (Å²) in [6.07, 6.45) is 8.34. The molecule has 0 atom stereocenters. The minimum absolute atomic E-state index is 0.0146. The normalized spacial score (nSPS) is 16.3. The zero-order chi connectivity index (χ0) is 22.1. The second kappa shape index (κ2) is 8.65. The fourth-order valence-corrected chi connectivity index (χ4v) is 4.54. The number of benzene rings is 1. The number of aromatic nitrogens is 2. The van der Waals surface area contributed by atoms with Crippen molar-refractivity contribution in [1.82, 2.24) is 9.55 Å². The summed E-state index contributed by atoms with van der Waals surface area (Å²) in [6.45, 7) is 0.448. The number of esters is 1. The second-order valence-electron chi connectivity index (χ2n) is 8.77. The lowest BCUT2D eigenvalue weighted by atomic mass is 10.2. The molecule has 0 radical (unpaired) electrons. The maximum atomic E-state index is 12.9. The maximum absolute atomic E-state index is 12.9. The van der Waals surface area contributed by atoms with Gasteiger partial charge in [-0.3, -0.25) is 4.79 Å². The van der Waals surface area contributed by atoms with Crippen molar-refractivity contribution < 1.29 is 14.3 Å². The van der Waals surface area contributed by atoms with E-state index in [1.54, 1.807) is 0 Å². The fourth-order valence-electron chi connectivity index (χ4n) is 4.54. The molecule has 166 valence electrons. The van der Waals surface area contributed by atoms with Crippen LogP contribution >= 0.6 is 0 Å². The molecule has 7 nitrogen and oxygen atoms in total. The number of nitrogens with one attached hydrogen (secondary N) is 2. The molecule has 0 aliphatic heterocycles. The van der Waals surface area contributed by atoms with Crippen LogP contribution in [0.25, 0.3) is 11.0 Å². The van der Waals surface area contributed by atoms with Crippen LogP contribution in [0.4, 0.5) is 11.4 Å². The molecule has 1 aromatic carbocycles. The molecule has 0 spiro atoms. The molecule has 2 aromatic heterocycles. The summed E-state index contributed by atoms with van der Waals surface area (Å²) >= 11 is 0. The molecule has 5 rings (SSSR count). The lowest BCUT2D eigenvalue weighted by molar-refractivity contribution is -0.117. The number of methoxy groups -OCH3 is 1. The molecule has 7 heteroatoms. The molecule has 2 fully saturated rings. The summed E-state index contributed by atoms with van der Waals surface area (Å²) in [7, 11) is 1.36. The Hall–Kier alpha value is -3.35. The van der Waals surface area contributed by atoms with Crippen LogP contribution in [-0.2, 0) is 16.1 Å². The Balaban J connectivity index is 1.63. The highest BCUT2D eigenvalue weighted by molar-refractivity contribution is 6.11. The molecule has 32 heavy (non-hydrogen) atoms. The van der Waals surface area contributed by atoms with E-state index in [9.17, 15) is 9.59 Å². The Kier molecular flexibility index (Phi) is 5.55. The van der Waals surface area contributed by atoms with Gasteiger partial charge < -0.3 is 19.9 Å². The molecule has 2 heterocycles. The second-order valence-corrected chi connectivity index (χ2v) is 8.77. The number of pyridine rings is 1. The molecule has 0 unspecified atom stereocenters. The molecule has 2 N–H and O–H groups in total. The third-order valence-corrected chi connectivity index (χ3v) is 6.38. The molecular formula is C25H28N4O3. The van der Waals surface area contributed by atoms with Gasteiger partial charge in [0.1, 0.15) is 5.65 Å². The van der Waals surface area contributed by atoms with Crippen molar-refractivity contribution in [2.45, 2.75) is 51.1 Å². The average molecular weight is 433 g/mol. The standard InChI is InChI=1S/C25H28N4O3/c1-32-25(31)22-21(28-24(30)17-11-12-17)20-13-19(27-18-9-5-6-10-18)14-26-23(20)29(22)15-16-7-3-2-4-8-16/h2-4,7-8,13-14,17-18,27H,5-6,9-12,15H2,1H3,(H,28,30). The third-order valence-electron chi connectivity index (χ3n) is 6.38. The molecule has 2 saturated carbocycles. The first-order valence-corrected chi connectivity index (χ1v) is 11.4. The van der Waals surface area contributed by atoms with Crippen molar-refractivity contribution in [2.75, 3.05) is 17.7 Å². The Morgan fingerprint density at radius 3 is 2.56 bits per heavy atom. The molecule has 1 amide bonds. The van der Waals surface area contributed by atoms with E-state index >= 15 is 0 Å². The number of ether oxygens (including phenoxy) is 1. The number of nitrogens with zero attached hydrogens (tertiary/aromatic N) is 2. The maximum Gasteiger partial charge on any atom is 0.356 e. The van der Waals surface area contributed by atoms with Crippen LogP contribution in [0, 0.1) is 5.92 Å². The van der Waals surface area contributed by atoms with E-state index in [1.165, 1.54) is 20.0 Å². The van der Waals surface area contributed by atoms with Gasteiger partial charge in [-0.05, 0) is 37.3 Å². The SMILES string of the molecule is COC(=O)c1c(NC(=O)C2CC2)c2cc(NC3CCCC3)cnc2n1Cc1ccccc1. The topological polar surface area (TPSA) is 85.2 Å². The third kappa shape index (κ3) is 4.07. The Morgan fingerprint density at radius 2 is 1.88 bits per heavy atom.